The van der Waals surface area contributed by atoms with Crippen LogP contribution < -0.4 is 0 Å². The van der Waals surface area contributed by atoms with Crippen molar-refractivity contribution in [3.63, 3.8) is 0 Å². The fourth-order valence-corrected chi connectivity index (χ4v) is 7.42. The Labute approximate surface area is 182 Å². The minimum atomic E-state index is 0.0584. The van der Waals surface area contributed by atoms with Gasteiger partial charge in [0.2, 0.25) is 0 Å². The molecule has 29 heavy (non-hydrogen) atoms. The molecule has 3 fully saturated rings. The van der Waals surface area contributed by atoms with Gasteiger partial charge in [-0.05, 0) is 74.5 Å². The van der Waals surface area contributed by atoms with Crippen molar-refractivity contribution in [2.24, 2.45) is 35.0 Å². The lowest BCUT2D eigenvalue weighted by atomic mass is 9.53. The summed E-state index contributed by atoms with van der Waals surface area (Å²) in [7, 11) is 0. The highest BCUT2D eigenvalue weighted by molar-refractivity contribution is 5.09. The summed E-state index contributed by atoms with van der Waals surface area (Å²) in [6.07, 6.45) is 26.7. The van der Waals surface area contributed by atoms with E-state index in [9.17, 15) is 5.26 Å². The molecule has 0 radical (unpaired) electrons. The van der Waals surface area contributed by atoms with Gasteiger partial charge in [0.25, 0.3) is 0 Å². The first-order valence-corrected chi connectivity index (χ1v) is 13.6. The molecule has 0 bridgehead atoms. The highest BCUT2D eigenvalue weighted by atomic mass is 14.5. The molecule has 0 N–H and O–H groups in total. The van der Waals surface area contributed by atoms with Crippen LogP contribution in [0, 0.1) is 46.3 Å². The van der Waals surface area contributed by atoms with Gasteiger partial charge in [-0.15, -0.1) is 0 Å². The second-order valence-corrected chi connectivity index (χ2v) is 11.3. The standard InChI is InChI=1S/C28H49N/c1-3-5-7-8-9-11-23-12-15-25(16-13-23)26-18-19-28(22-29)21-24(10-6-4-2)14-17-27(28)20-26/h23-27H,3-21H2,1-2H3. The van der Waals surface area contributed by atoms with Gasteiger partial charge in [-0.25, -0.2) is 0 Å². The third-order valence-electron chi connectivity index (χ3n) is 9.37. The molecule has 3 rings (SSSR count). The molecule has 0 heterocycles. The van der Waals surface area contributed by atoms with Crippen molar-refractivity contribution >= 4 is 0 Å². The quantitative estimate of drug-likeness (QED) is 0.336. The van der Waals surface area contributed by atoms with Crippen LogP contribution in [0.3, 0.4) is 0 Å². The van der Waals surface area contributed by atoms with Gasteiger partial charge in [-0.3, -0.25) is 0 Å². The second-order valence-electron chi connectivity index (χ2n) is 11.3. The van der Waals surface area contributed by atoms with Crippen molar-refractivity contribution in [3.05, 3.63) is 0 Å². The molecule has 0 spiro atoms. The van der Waals surface area contributed by atoms with E-state index in [1.807, 2.05) is 0 Å². The van der Waals surface area contributed by atoms with Crippen LogP contribution in [0.5, 0.6) is 0 Å². The Morgan fingerprint density at radius 2 is 1.41 bits per heavy atom. The maximum atomic E-state index is 10.1. The number of nitriles is 1. The van der Waals surface area contributed by atoms with Gasteiger partial charge >= 0.3 is 0 Å². The lowest BCUT2D eigenvalue weighted by molar-refractivity contribution is 0.0147. The Morgan fingerprint density at radius 3 is 2.14 bits per heavy atom. The average Bonchev–Trinajstić information content (AvgIpc) is 2.77. The molecule has 4 atom stereocenters. The third-order valence-corrected chi connectivity index (χ3v) is 9.37. The lowest BCUT2D eigenvalue weighted by Crippen LogP contribution is -2.42. The topological polar surface area (TPSA) is 23.8 Å². The molecule has 3 saturated carbocycles. The number of unbranched alkanes of at least 4 members (excludes halogenated alkanes) is 5. The van der Waals surface area contributed by atoms with E-state index < -0.39 is 0 Å². The molecule has 166 valence electrons. The molecule has 0 amide bonds. The van der Waals surface area contributed by atoms with Crippen LogP contribution in [0.25, 0.3) is 0 Å². The lowest BCUT2D eigenvalue weighted by Gasteiger charge is -2.50. The van der Waals surface area contributed by atoms with Crippen LogP contribution in [0.1, 0.15) is 136 Å². The smallest absolute Gasteiger partial charge is 0.0692 e. The molecule has 1 nitrogen and oxygen atoms in total. The van der Waals surface area contributed by atoms with Gasteiger partial charge in [0.1, 0.15) is 0 Å². The Kier molecular flexibility index (Phi) is 9.40. The highest BCUT2D eigenvalue weighted by Crippen LogP contribution is 2.56. The van der Waals surface area contributed by atoms with Gasteiger partial charge in [-0.1, -0.05) is 90.9 Å². The molecule has 0 aromatic heterocycles. The Morgan fingerprint density at radius 1 is 0.724 bits per heavy atom. The molecule has 0 saturated heterocycles. The summed E-state index contributed by atoms with van der Waals surface area (Å²) in [5.41, 5.74) is 0.0584. The number of nitrogens with zero attached hydrogens (tertiary/aromatic N) is 1. The van der Waals surface area contributed by atoms with Crippen molar-refractivity contribution in [2.45, 2.75) is 136 Å². The first-order valence-electron chi connectivity index (χ1n) is 13.6. The number of hydrogen-bond acceptors (Lipinski definition) is 1. The second kappa shape index (κ2) is 11.8. The van der Waals surface area contributed by atoms with E-state index in [0.29, 0.717) is 0 Å². The van der Waals surface area contributed by atoms with Crippen LogP contribution >= 0.6 is 0 Å². The van der Waals surface area contributed by atoms with Gasteiger partial charge in [-0.2, -0.15) is 5.26 Å². The largest absolute Gasteiger partial charge is 0.198 e. The minimum absolute atomic E-state index is 0.0584. The summed E-state index contributed by atoms with van der Waals surface area (Å²) in [4.78, 5) is 0. The Hall–Kier alpha value is -0.510. The molecule has 3 aliphatic carbocycles. The summed E-state index contributed by atoms with van der Waals surface area (Å²) in [5, 5.41) is 10.1. The molecule has 0 aromatic rings. The SMILES string of the molecule is CCCCCCCC1CCC(C2CCC3(C#N)CC(CCCC)CCC3C2)CC1. The third kappa shape index (κ3) is 6.24. The van der Waals surface area contributed by atoms with E-state index in [1.165, 1.54) is 122 Å². The first-order chi connectivity index (χ1) is 14.2. The van der Waals surface area contributed by atoms with Crippen molar-refractivity contribution in [1.29, 1.82) is 5.26 Å². The fourth-order valence-electron chi connectivity index (χ4n) is 7.42. The summed E-state index contributed by atoms with van der Waals surface area (Å²) in [6, 6.07) is 2.89. The van der Waals surface area contributed by atoms with E-state index >= 15 is 0 Å². The molecule has 0 aromatic carbocycles. The fraction of sp³-hybridized carbons (Fsp3) is 0.964. The predicted octanol–water partition coefficient (Wildman–Crippen LogP) is 9.07. The van der Waals surface area contributed by atoms with E-state index in [1.54, 1.807) is 0 Å². The van der Waals surface area contributed by atoms with E-state index in [4.69, 9.17) is 0 Å². The average molecular weight is 400 g/mol. The summed E-state index contributed by atoms with van der Waals surface area (Å²) >= 11 is 0. The zero-order valence-electron chi connectivity index (χ0n) is 19.8. The van der Waals surface area contributed by atoms with Crippen LogP contribution in [-0.4, -0.2) is 0 Å². The zero-order chi connectivity index (χ0) is 20.5. The summed E-state index contributed by atoms with van der Waals surface area (Å²) < 4.78 is 0. The molecular formula is C28H49N. The molecule has 0 aliphatic heterocycles. The Bertz CT molecular complexity index is 497. The molecular weight excluding hydrogens is 350 g/mol. The van der Waals surface area contributed by atoms with E-state index in [2.05, 4.69) is 19.9 Å². The number of rotatable bonds is 10. The van der Waals surface area contributed by atoms with E-state index in [-0.39, 0.29) is 5.41 Å². The normalized spacial score (nSPS) is 37.6. The predicted molar refractivity (Wildman–Crippen MR) is 125 cm³/mol. The highest BCUT2D eigenvalue weighted by Gasteiger charge is 2.48. The van der Waals surface area contributed by atoms with Crippen LogP contribution in [-0.2, 0) is 0 Å². The van der Waals surface area contributed by atoms with Crippen molar-refractivity contribution in [3.8, 4) is 6.07 Å². The van der Waals surface area contributed by atoms with Crippen molar-refractivity contribution < 1.29 is 0 Å². The van der Waals surface area contributed by atoms with Crippen LogP contribution in [0.4, 0.5) is 0 Å². The zero-order valence-corrected chi connectivity index (χ0v) is 19.8. The van der Waals surface area contributed by atoms with Crippen molar-refractivity contribution in [1.82, 2.24) is 0 Å². The van der Waals surface area contributed by atoms with E-state index in [0.717, 1.165) is 29.6 Å². The summed E-state index contributed by atoms with van der Waals surface area (Å²) in [5.74, 6) is 4.53. The maximum absolute atomic E-state index is 10.1. The Balaban J connectivity index is 1.42. The maximum Gasteiger partial charge on any atom is 0.0692 e. The first kappa shape index (κ1) is 23.2. The van der Waals surface area contributed by atoms with Crippen LogP contribution in [0.2, 0.25) is 0 Å². The molecule has 1 heteroatoms. The monoisotopic (exact) mass is 399 g/mol. The molecule has 4 unspecified atom stereocenters. The van der Waals surface area contributed by atoms with Gasteiger partial charge < -0.3 is 0 Å². The number of hydrogen-bond donors (Lipinski definition) is 0. The number of fused-ring (bicyclic) bond motifs is 1. The van der Waals surface area contributed by atoms with Gasteiger partial charge in [0.15, 0.2) is 0 Å². The van der Waals surface area contributed by atoms with Crippen LogP contribution in [0.15, 0.2) is 0 Å². The van der Waals surface area contributed by atoms with Gasteiger partial charge in [0, 0.05) is 0 Å². The van der Waals surface area contributed by atoms with Crippen molar-refractivity contribution in [2.75, 3.05) is 0 Å². The molecule has 3 aliphatic rings. The minimum Gasteiger partial charge on any atom is -0.198 e. The van der Waals surface area contributed by atoms with Gasteiger partial charge in [0.05, 0.1) is 11.5 Å². The summed E-state index contributed by atoms with van der Waals surface area (Å²) in [6.45, 7) is 4.61.